The van der Waals surface area contributed by atoms with Crippen molar-refractivity contribution in [3.8, 4) is 11.3 Å². The lowest BCUT2D eigenvalue weighted by Crippen LogP contribution is -2.28. The maximum Gasteiger partial charge on any atom is 0.336 e. The molecule has 2 N–H and O–H groups in total. The van der Waals surface area contributed by atoms with Gasteiger partial charge in [-0.25, -0.2) is 4.79 Å². The zero-order valence-electron chi connectivity index (χ0n) is 16.3. The van der Waals surface area contributed by atoms with Gasteiger partial charge in [0.15, 0.2) is 5.17 Å². The minimum absolute atomic E-state index is 0.123. The molecule has 4 rings (SSSR count). The van der Waals surface area contributed by atoms with Crippen molar-refractivity contribution < 1.29 is 19.1 Å². The largest absolute Gasteiger partial charge is 0.478 e. The number of aryl methyl sites for hydroxylation is 2. The number of hydrogen-bond donors (Lipinski definition) is 2. The normalized spacial score (nSPS) is 15.3. The maximum absolute atomic E-state index is 12.9. The number of aromatic carboxylic acids is 1. The van der Waals surface area contributed by atoms with Gasteiger partial charge in [0.1, 0.15) is 11.5 Å². The van der Waals surface area contributed by atoms with Crippen LogP contribution < -0.4 is 4.90 Å². The van der Waals surface area contributed by atoms with Crippen molar-refractivity contribution in [3.63, 3.8) is 0 Å². The number of carboxylic acid groups (broad SMARTS) is 1. The number of nitrogens with zero attached hydrogens (tertiary/aromatic N) is 1. The van der Waals surface area contributed by atoms with Gasteiger partial charge in [0.05, 0.1) is 16.2 Å². The first-order valence-electron chi connectivity index (χ1n) is 9.17. The molecular weight excluding hydrogens is 400 g/mol. The number of hydrogen-bond acceptors (Lipinski definition) is 5. The molecule has 7 heteroatoms. The van der Waals surface area contributed by atoms with E-state index in [1.165, 1.54) is 11.0 Å². The number of anilines is 1. The third-order valence-electron chi connectivity index (χ3n) is 4.90. The van der Waals surface area contributed by atoms with E-state index in [-0.39, 0.29) is 16.6 Å². The first kappa shape index (κ1) is 19.7. The Labute approximate surface area is 177 Å². The summed E-state index contributed by atoms with van der Waals surface area (Å²) < 4.78 is 5.79. The zero-order chi connectivity index (χ0) is 21.4. The molecule has 1 aliphatic heterocycles. The van der Waals surface area contributed by atoms with E-state index in [2.05, 4.69) is 0 Å². The fraction of sp³-hybridized carbons (Fsp3) is 0.0870. The summed E-state index contributed by atoms with van der Waals surface area (Å²) in [4.78, 5) is 26.1. The SMILES string of the molecule is Cc1ccc(N2C(=N)SC(=Cc3ccc(-c4ccccc4C(=O)O)o3)C2=O)cc1C. The molecule has 0 atom stereocenters. The third-order valence-corrected chi connectivity index (χ3v) is 5.78. The second-order valence-corrected chi connectivity index (χ2v) is 7.91. The average molecular weight is 418 g/mol. The van der Waals surface area contributed by atoms with Crippen molar-refractivity contribution in [2.24, 2.45) is 0 Å². The van der Waals surface area contributed by atoms with Crippen LogP contribution in [0.3, 0.4) is 0 Å². The van der Waals surface area contributed by atoms with E-state index in [0.29, 0.717) is 27.7 Å². The standard InChI is InChI=1S/C23H18N2O4S/c1-13-7-8-15(11-14(13)2)25-21(26)20(30-23(25)24)12-16-9-10-19(29-16)17-5-3-4-6-18(17)22(27)28/h3-12,24H,1-2H3,(H,27,28). The van der Waals surface area contributed by atoms with Crippen LogP contribution in [0.25, 0.3) is 17.4 Å². The summed E-state index contributed by atoms with van der Waals surface area (Å²) in [5.74, 6) is -0.523. The number of carboxylic acids is 1. The van der Waals surface area contributed by atoms with Gasteiger partial charge in [-0.05, 0) is 67.1 Å². The number of benzene rings is 2. The first-order chi connectivity index (χ1) is 14.3. The van der Waals surface area contributed by atoms with Gasteiger partial charge in [-0.2, -0.15) is 0 Å². The zero-order valence-corrected chi connectivity index (χ0v) is 17.1. The highest BCUT2D eigenvalue weighted by Gasteiger charge is 2.34. The van der Waals surface area contributed by atoms with Crippen LogP contribution in [0.1, 0.15) is 27.2 Å². The Morgan fingerprint density at radius 2 is 1.87 bits per heavy atom. The van der Waals surface area contributed by atoms with Crippen LogP contribution in [0.5, 0.6) is 0 Å². The van der Waals surface area contributed by atoms with Gasteiger partial charge in [-0.1, -0.05) is 24.3 Å². The molecule has 0 spiro atoms. The Morgan fingerprint density at radius 1 is 1.10 bits per heavy atom. The van der Waals surface area contributed by atoms with Gasteiger partial charge >= 0.3 is 5.97 Å². The summed E-state index contributed by atoms with van der Waals surface area (Å²) in [6.07, 6.45) is 1.58. The van der Waals surface area contributed by atoms with Crippen LogP contribution in [0.2, 0.25) is 0 Å². The number of thioether (sulfide) groups is 1. The van der Waals surface area contributed by atoms with E-state index in [1.807, 2.05) is 32.0 Å². The van der Waals surface area contributed by atoms with Crippen LogP contribution in [0.15, 0.2) is 63.9 Å². The number of furan rings is 1. The Bertz CT molecular complexity index is 1230. The lowest BCUT2D eigenvalue weighted by atomic mass is 10.1. The topological polar surface area (TPSA) is 94.6 Å². The van der Waals surface area contributed by atoms with Crippen LogP contribution in [0.4, 0.5) is 5.69 Å². The van der Waals surface area contributed by atoms with Gasteiger partial charge in [0.2, 0.25) is 0 Å². The quantitative estimate of drug-likeness (QED) is 0.560. The van der Waals surface area contributed by atoms with E-state index in [4.69, 9.17) is 9.83 Å². The molecular formula is C23H18N2O4S. The van der Waals surface area contributed by atoms with E-state index in [1.54, 1.807) is 36.4 Å². The molecule has 1 aliphatic rings. The fourth-order valence-corrected chi connectivity index (χ4v) is 4.02. The molecule has 0 aliphatic carbocycles. The van der Waals surface area contributed by atoms with Crippen LogP contribution in [-0.4, -0.2) is 22.2 Å². The predicted octanol–water partition coefficient (Wildman–Crippen LogP) is 5.32. The van der Waals surface area contributed by atoms with Gasteiger partial charge < -0.3 is 9.52 Å². The number of amides is 1. The molecule has 2 aromatic carbocycles. The number of nitrogens with one attached hydrogen (secondary N) is 1. The summed E-state index contributed by atoms with van der Waals surface area (Å²) in [5, 5.41) is 17.7. The Morgan fingerprint density at radius 3 is 2.60 bits per heavy atom. The molecule has 0 unspecified atom stereocenters. The molecule has 6 nitrogen and oxygen atoms in total. The van der Waals surface area contributed by atoms with Gasteiger partial charge in [0, 0.05) is 11.6 Å². The van der Waals surface area contributed by atoms with Crippen LogP contribution in [-0.2, 0) is 4.79 Å². The lowest BCUT2D eigenvalue weighted by Gasteiger charge is -2.15. The van der Waals surface area contributed by atoms with E-state index < -0.39 is 5.97 Å². The third kappa shape index (κ3) is 3.55. The maximum atomic E-state index is 12.9. The summed E-state index contributed by atoms with van der Waals surface area (Å²) >= 11 is 1.06. The van der Waals surface area contributed by atoms with Crippen molar-refractivity contribution in [1.29, 1.82) is 5.41 Å². The molecule has 3 aromatic rings. The molecule has 30 heavy (non-hydrogen) atoms. The number of carbonyl (C=O) groups excluding carboxylic acids is 1. The molecule has 1 aromatic heterocycles. The van der Waals surface area contributed by atoms with Crippen molar-refractivity contribution in [2.75, 3.05) is 4.90 Å². The highest BCUT2D eigenvalue weighted by Crippen LogP contribution is 2.36. The summed E-state index contributed by atoms with van der Waals surface area (Å²) in [6, 6.07) is 15.6. The van der Waals surface area contributed by atoms with Gasteiger partial charge in [0.25, 0.3) is 5.91 Å². The van der Waals surface area contributed by atoms with Crippen LogP contribution >= 0.6 is 11.8 Å². The van der Waals surface area contributed by atoms with Crippen molar-refractivity contribution in [1.82, 2.24) is 0 Å². The number of carbonyl (C=O) groups is 2. The minimum Gasteiger partial charge on any atom is -0.478 e. The molecule has 2 heterocycles. The second kappa shape index (κ2) is 7.68. The van der Waals surface area contributed by atoms with Crippen molar-refractivity contribution in [2.45, 2.75) is 13.8 Å². The lowest BCUT2D eigenvalue weighted by molar-refractivity contribution is -0.113. The highest BCUT2D eigenvalue weighted by atomic mass is 32.2. The van der Waals surface area contributed by atoms with E-state index >= 15 is 0 Å². The van der Waals surface area contributed by atoms with E-state index in [9.17, 15) is 14.7 Å². The highest BCUT2D eigenvalue weighted by molar-refractivity contribution is 8.19. The van der Waals surface area contributed by atoms with Gasteiger partial charge in [-0.15, -0.1) is 0 Å². The number of rotatable bonds is 4. The molecule has 1 amide bonds. The molecule has 1 fully saturated rings. The van der Waals surface area contributed by atoms with Crippen LogP contribution in [0, 0.1) is 19.3 Å². The smallest absolute Gasteiger partial charge is 0.336 e. The second-order valence-electron chi connectivity index (χ2n) is 6.88. The minimum atomic E-state index is -1.04. The predicted molar refractivity (Wildman–Crippen MR) is 118 cm³/mol. The van der Waals surface area contributed by atoms with Gasteiger partial charge in [-0.3, -0.25) is 15.1 Å². The van der Waals surface area contributed by atoms with Crippen molar-refractivity contribution in [3.05, 3.63) is 82.0 Å². The molecule has 150 valence electrons. The van der Waals surface area contributed by atoms with E-state index in [0.717, 1.165) is 22.9 Å². The Hall–Kier alpha value is -3.58. The Kier molecular flexibility index (Phi) is 5.05. The molecule has 1 saturated heterocycles. The monoisotopic (exact) mass is 418 g/mol. The fourth-order valence-electron chi connectivity index (χ4n) is 3.18. The first-order valence-corrected chi connectivity index (χ1v) is 9.99. The summed E-state index contributed by atoms with van der Waals surface area (Å²) in [5.41, 5.74) is 3.41. The molecule has 0 bridgehead atoms. The summed E-state index contributed by atoms with van der Waals surface area (Å²) in [6.45, 7) is 3.96. The summed E-state index contributed by atoms with van der Waals surface area (Å²) in [7, 11) is 0. The average Bonchev–Trinajstić information content (AvgIpc) is 3.29. The number of amidine groups is 1. The van der Waals surface area contributed by atoms with Crippen molar-refractivity contribution >= 4 is 40.6 Å². The molecule has 0 saturated carbocycles. The Balaban J connectivity index is 1.64. The molecule has 0 radical (unpaired) electrons.